The summed E-state index contributed by atoms with van der Waals surface area (Å²) in [6.07, 6.45) is 3.72. The van der Waals surface area contributed by atoms with Crippen molar-refractivity contribution in [3.63, 3.8) is 0 Å². The van der Waals surface area contributed by atoms with E-state index in [2.05, 4.69) is 0 Å². The lowest BCUT2D eigenvalue weighted by Crippen LogP contribution is -1.94. The molecule has 0 aromatic carbocycles. The highest BCUT2D eigenvalue weighted by molar-refractivity contribution is 7.20. The van der Waals surface area contributed by atoms with Crippen LogP contribution in [0.4, 0.5) is 0 Å². The van der Waals surface area contributed by atoms with Gasteiger partial charge in [0.05, 0.1) is 8.67 Å². The molecule has 2 nitrogen and oxygen atoms in total. The van der Waals surface area contributed by atoms with E-state index in [-0.39, 0.29) is 6.42 Å². The number of carbonyl (C=O) groups is 1. The number of rotatable bonds is 6. The van der Waals surface area contributed by atoms with Gasteiger partial charge in [0.25, 0.3) is 0 Å². The fourth-order valence-corrected chi connectivity index (χ4v) is 2.86. The summed E-state index contributed by atoms with van der Waals surface area (Å²) in [6, 6.07) is 1.88. The first kappa shape index (κ1) is 12.8. The number of halogens is 2. The quantitative estimate of drug-likeness (QED) is 0.782. The van der Waals surface area contributed by atoms with E-state index in [0.717, 1.165) is 35.6 Å². The molecule has 0 aliphatic rings. The fourth-order valence-electron chi connectivity index (χ4n) is 1.31. The van der Waals surface area contributed by atoms with E-state index in [4.69, 9.17) is 28.3 Å². The average Bonchev–Trinajstić information content (AvgIpc) is 2.44. The van der Waals surface area contributed by atoms with E-state index in [1.54, 1.807) is 0 Å². The van der Waals surface area contributed by atoms with Gasteiger partial charge in [0, 0.05) is 6.42 Å². The first-order valence-corrected chi connectivity index (χ1v) is 6.32. The van der Waals surface area contributed by atoms with Crippen LogP contribution in [0.25, 0.3) is 0 Å². The number of hydrogen-bond acceptors (Lipinski definition) is 2. The van der Waals surface area contributed by atoms with Crippen LogP contribution < -0.4 is 0 Å². The molecule has 0 bridgehead atoms. The molecule has 1 N–H and O–H groups in total. The third-order valence-corrected chi connectivity index (χ3v) is 3.63. The Bertz CT molecular complexity index is 336. The zero-order valence-corrected chi connectivity index (χ0v) is 10.5. The molecule has 0 saturated carbocycles. The van der Waals surface area contributed by atoms with Crippen LogP contribution in [0.15, 0.2) is 6.07 Å². The highest BCUT2D eigenvalue weighted by atomic mass is 35.5. The normalized spacial score (nSPS) is 10.5. The van der Waals surface area contributed by atoms with Gasteiger partial charge in [0.2, 0.25) is 0 Å². The van der Waals surface area contributed by atoms with Crippen molar-refractivity contribution < 1.29 is 9.90 Å². The molecule has 0 unspecified atom stereocenters. The Kier molecular flexibility index (Phi) is 5.43. The second-order valence-electron chi connectivity index (χ2n) is 3.30. The molecule has 0 aliphatic carbocycles. The van der Waals surface area contributed by atoms with Crippen LogP contribution in [0, 0.1) is 0 Å². The van der Waals surface area contributed by atoms with Crippen molar-refractivity contribution in [2.75, 3.05) is 0 Å². The van der Waals surface area contributed by atoms with Crippen LogP contribution >= 0.6 is 34.5 Å². The second kappa shape index (κ2) is 6.36. The fraction of sp³-hybridized carbons (Fsp3) is 0.500. The van der Waals surface area contributed by atoms with E-state index < -0.39 is 5.97 Å². The van der Waals surface area contributed by atoms with Crippen molar-refractivity contribution in [3.8, 4) is 0 Å². The minimum atomic E-state index is -0.730. The van der Waals surface area contributed by atoms with Crippen molar-refractivity contribution in [2.45, 2.75) is 32.1 Å². The summed E-state index contributed by atoms with van der Waals surface area (Å²) >= 11 is 13.1. The summed E-state index contributed by atoms with van der Waals surface area (Å²) in [6.45, 7) is 0. The molecule has 0 radical (unpaired) electrons. The van der Waals surface area contributed by atoms with E-state index >= 15 is 0 Å². The first-order valence-electron chi connectivity index (χ1n) is 4.75. The van der Waals surface area contributed by atoms with Crippen LogP contribution in [-0.4, -0.2) is 11.1 Å². The number of carboxylic acids is 1. The van der Waals surface area contributed by atoms with Crippen LogP contribution in [0.1, 0.15) is 31.2 Å². The minimum Gasteiger partial charge on any atom is -0.481 e. The Morgan fingerprint density at radius 3 is 2.60 bits per heavy atom. The van der Waals surface area contributed by atoms with E-state index in [9.17, 15) is 4.79 Å². The van der Waals surface area contributed by atoms with Gasteiger partial charge in [-0.05, 0) is 30.9 Å². The molecule has 1 aromatic rings. The maximum atomic E-state index is 10.3. The standard InChI is InChI=1S/C10H12Cl2O2S/c11-8-6-7(10(12)15-8)4-2-1-3-5-9(13)14/h6H,1-5H2,(H,13,14). The predicted molar refractivity (Wildman–Crippen MR) is 64.1 cm³/mol. The number of aryl methyl sites for hydroxylation is 1. The summed E-state index contributed by atoms with van der Waals surface area (Å²) in [4.78, 5) is 10.3. The minimum absolute atomic E-state index is 0.248. The molecule has 0 spiro atoms. The Hall–Kier alpha value is -0.250. The highest BCUT2D eigenvalue weighted by Crippen LogP contribution is 2.32. The predicted octanol–water partition coefficient (Wildman–Crippen LogP) is 4.24. The molecule has 84 valence electrons. The smallest absolute Gasteiger partial charge is 0.303 e. The van der Waals surface area contributed by atoms with Crippen LogP contribution in [-0.2, 0) is 11.2 Å². The van der Waals surface area contributed by atoms with Gasteiger partial charge in [-0.15, -0.1) is 11.3 Å². The Labute approximate surface area is 103 Å². The Morgan fingerprint density at radius 2 is 2.07 bits per heavy atom. The molecule has 0 aliphatic heterocycles. The molecule has 5 heteroatoms. The molecule has 0 atom stereocenters. The summed E-state index contributed by atoms with van der Waals surface area (Å²) < 4.78 is 1.46. The van der Waals surface area contributed by atoms with Gasteiger partial charge in [-0.2, -0.15) is 0 Å². The number of aliphatic carboxylic acids is 1. The Balaban J connectivity index is 2.20. The molecular weight excluding hydrogens is 255 g/mol. The highest BCUT2D eigenvalue weighted by Gasteiger charge is 2.05. The molecular formula is C10H12Cl2O2S. The van der Waals surface area contributed by atoms with Crippen LogP contribution in [0.5, 0.6) is 0 Å². The van der Waals surface area contributed by atoms with Gasteiger partial charge < -0.3 is 5.11 Å². The van der Waals surface area contributed by atoms with Gasteiger partial charge in [-0.25, -0.2) is 0 Å². The summed E-state index contributed by atoms with van der Waals surface area (Å²) in [5, 5.41) is 8.44. The van der Waals surface area contributed by atoms with Gasteiger partial charge in [0.15, 0.2) is 0 Å². The van der Waals surface area contributed by atoms with Gasteiger partial charge in [-0.3, -0.25) is 4.79 Å². The second-order valence-corrected chi connectivity index (χ2v) is 5.59. The monoisotopic (exact) mass is 266 g/mol. The van der Waals surface area contributed by atoms with Crippen molar-refractivity contribution in [1.82, 2.24) is 0 Å². The average molecular weight is 267 g/mol. The summed E-state index contributed by atoms with van der Waals surface area (Å²) in [7, 11) is 0. The van der Waals surface area contributed by atoms with Gasteiger partial charge >= 0.3 is 5.97 Å². The third-order valence-electron chi connectivity index (χ3n) is 2.06. The number of hydrogen-bond donors (Lipinski definition) is 1. The summed E-state index contributed by atoms with van der Waals surface area (Å²) in [5.41, 5.74) is 1.07. The van der Waals surface area contributed by atoms with E-state index in [0.29, 0.717) is 4.34 Å². The first-order chi connectivity index (χ1) is 7.09. The van der Waals surface area contributed by atoms with Crippen LogP contribution in [0.3, 0.4) is 0 Å². The van der Waals surface area contributed by atoms with Crippen LogP contribution in [0.2, 0.25) is 8.67 Å². The molecule has 1 heterocycles. The van der Waals surface area contributed by atoms with E-state index in [1.165, 1.54) is 11.3 Å². The van der Waals surface area contributed by atoms with E-state index in [1.807, 2.05) is 6.07 Å². The van der Waals surface area contributed by atoms with Gasteiger partial charge in [-0.1, -0.05) is 29.6 Å². The number of carboxylic acid groups (broad SMARTS) is 1. The zero-order valence-electron chi connectivity index (χ0n) is 8.13. The number of unbranched alkanes of at least 4 members (excludes halogenated alkanes) is 2. The lowest BCUT2D eigenvalue weighted by Gasteiger charge is -1.98. The lowest BCUT2D eigenvalue weighted by atomic mass is 10.1. The number of thiophene rings is 1. The third kappa shape index (κ3) is 4.87. The lowest BCUT2D eigenvalue weighted by molar-refractivity contribution is -0.137. The molecule has 1 aromatic heterocycles. The SMILES string of the molecule is O=C(O)CCCCCc1cc(Cl)sc1Cl. The molecule has 1 rings (SSSR count). The summed E-state index contributed by atoms with van der Waals surface area (Å²) in [5.74, 6) is -0.730. The van der Waals surface area contributed by atoms with Crippen molar-refractivity contribution in [2.24, 2.45) is 0 Å². The molecule has 15 heavy (non-hydrogen) atoms. The zero-order chi connectivity index (χ0) is 11.3. The molecule has 0 fully saturated rings. The topological polar surface area (TPSA) is 37.3 Å². The largest absolute Gasteiger partial charge is 0.481 e. The molecule has 0 amide bonds. The maximum absolute atomic E-state index is 10.3. The van der Waals surface area contributed by atoms with Crippen molar-refractivity contribution >= 4 is 40.5 Å². The molecule has 0 saturated heterocycles. The Morgan fingerprint density at radius 1 is 1.33 bits per heavy atom. The maximum Gasteiger partial charge on any atom is 0.303 e. The van der Waals surface area contributed by atoms with Gasteiger partial charge in [0.1, 0.15) is 0 Å². The van der Waals surface area contributed by atoms with Crippen molar-refractivity contribution in [3.05, 3.63) is 20.3 Å². The van der Waals surface area contributed by atoms with Crippen molar-refractivity contribution in [1.29, 1.82) is 0 Å².